The van der Waals surface area contributed by atoms with Crippen molar-refractivity contribution in [2.45, 2.75) is 25.0 Å². The van der Waals surface area contributed by atoms with Crippen LogP contribution in [0.1, 0.15) is 11.1 Å². The SMILES string of the molecule is OC1/C=C/C(O)Cc2ccccc2C1. The van der Waals surface area contributed by atoms with Gasteiger partial charge in [-0.15, -0.1) is 0 Å². The van der Waals surface area contributed by atoms with Crippen LogP contribution in [-0.2, 0) is 12.8 Å². The number of hydrogen-bond donors (Lipinski definition) is 2. The molecule has 1 aliphatic carbocycles. The first-order valence-electron chi connectivity index (χ1n) is 4.87. The normalized spacial score (nSPS) is 28.7. The number of rotatable bonds is 0. The Bertz CT molecular complexity index is 311. The lowest BCUT2D eigenvalue weighted by molar-refractivity contribution is 0.201. The minimum absolute atomic E-state index is 0.480. The highest BCUT2D eigenvalue weighted by Crippen LogP contribution is 2.16. The molecule has 0 bridgehead atoms. The van der Waals surface area contributed by atoms with Crippen LogP contribution in [0.4, 0.5) is 0 Å². The van der Waals surface area contributed by atoms with Crippen molar-refractivity contribution in [1.29, 1.82) is 0 Å². The topological polar surface area (TPSA) is 40.5 Å². The summed E-state index contributed by atoms with van der Waals surface area (Å²) in [6.45, 7) is 0. The van der Waals surface area contributed by atoms with Gasteiger partial charge in [0.2, 0.25) is 0 Å². The van der Waals surface area contributed by atoms with Crippen LogP contribution in [0.3, 0.4) is 0 Å². The monoisotopic (exact) mass is 190 g/mol. The molecule has 0 spiro atoms. The third kappa shape index (κ3) is 2.03. The molecule has 1 aromatic carbocycles. The molecular formula is C12H14O2. The van der Waals surface area contributed by atoms with Crippen molar-refractivity contribution in [3.05, 3.63) is 47.5 Å². The van der Waals surface area contributed by atoms with E-state index in [0.29, 0.717) is 12.8 Å². The molecule has 0 aromatic heterocycles. The summed E-state index contributed by atoms with van der Waals surface area (Å²) in [6.07, 6.45) is 3.65. The van der Waals surface area contributed by atoms with E-state index < -0.39 is 12.2 Å². The number of aliphatic hydroxyl groups excluding tert-OH is 2. The van der Waals surface area contributed by atoms with Crippen LogP contribution < -0.4 is 0 Å². The molecule has 2 rings (SSSR count). The molecule has 1 aliphatic rings. The molecule has 0 saturated carbocycles. The predicted octanol–water partition coefficient (Wildman–Crippen LogP) is 1.06. The zero-order chi connectivity index (χ0) is 9.97. The van der Waals surface area contributed by atoms with Crippen LogP contribution in [0.25, 0.3) is 0 Å². The molecule has 2 atom stereocenters. The van der Waals surface area contributed by atoms with Gasteiger partial charge in [-0.05, 0) is 11.1 Å². The molecule has 0 radical (unpaired) electrons. The van der Waals surface area contributed by atoms with Crippen LogP contribution in [0.15, 0.2) is 36.4 Å². The van der Waals surface area contributed by atoms with Crippen molar-refractivity contribution in [1.82, 2.24) is 0 Å². The highest BCUT2D eigenvalue weighted by molar-refractivity contribution is 5.30. The van der Waals surface area contributed by atoms with Crippen LogP contribution in [-0.4, -0.2) is 22.4 Å². The van der Waals surface area contributed by atoms with Gasteiger partial charge < -0.3 is 10.2 Å². The second kappa shape index (κ2) is 3.95. The summed E-state index contributed by atoms with van der Waals surface area (Å²) in [5, 5.41) is 19.2. The Labute approximate surface area is 83.5 Å². The Morgan fingerprint density at radius 3 is 1.71 bits per heavy atom. The minimum Gasteiger partial charge on any atom is -0.389 e. The zero-order valence-electron chi connectivity index (χ0n) is 7.93. The van der Waals surface area contributed by atoms with Gasteiger partial charge in [0.15, 0.2) is 0 Å². The van der Waals surface area contributed by atoms with Crippen molar-refractivity contribution in [2.75, 3.05) is 0 Å². The Kier molecular flexibility index (Phi) is 2.66. The molecule has 14 heavy (non-hydrogen) atoms. The van der Waals surface area contributed by atoms with E-state index >= 15 is 0 Å². The van der Waals surface area contributed by atoms with Gasteiger partial charge in [-0.25, -0.2) is 0 Å². The lowest BCUT2D eigenvalue weighted by Gasteiger charge is -2.16. The average molecular weight is 190 g/mol. The van der Waals surface area contributed by atoms with Gasteiger partial charge in [0.25, 0.3) is 0 Å². The van der Waals surface area contributed by atoms with Gasteiger partial charge >= 0.3 is 0 Å². The molecule has 0 fully saturated rings. The smallest absolute Gasteiger partial charge is 0.0762 e. The lowest BCUT2D eigenvalue weighted by atomic mass is 9.94. The zero-order valence-corrected chi connectivity index (χ0v) is 7.93. The molecule has 0 heterocycles. The third-order valence-corrected chi connectivity index (χ3v) is 2.53. The molecule has 0 aliphatic heterocycles. The quantitative estimate of drug-likeness (QED) is 0.601. The van der Waals surface area contributed by atoms with E-state index in [4.69, 9.17) is 0 Å². The summed E-state index contributed by atoms with van der Waals surface area (Å²) in [7, 11) is 0. The van der Waals surface area contributed by atoms with Crippen LogP contribution in [0.5, 0.6) is 0 Å². The molecule has 2 N–H and O–H groups in total. The third-order valence-electron chi connectivity index (χ3n) is 2.53. The van der Waals surface area contributed by atoms with E-state index in [1.54, 1.807) is 12.2 Å². The van der Waals surface area contributed by atoms with Gasteiger partial charge in [0, 0.05) is 12.8 Å². The van der Waals surface area contributed by atoms with E-state index in [1.807, 2.05) is 24.3 Å². The van der Waals surface area contributed by atoms with Gasteiger partial charge in [-0.1, -0.05) is 36.4 Å². The number of benzene rings is 1. The van der Waals surface area contributed by atoms with Crippen molar-refractivity contribution < 1.29 is 10.2 Å². The first-order valence-corrected chi connectivity index (χ1v) is 4.87. The summed E-state index contributed by atoms with van der Waals surface area (Å²) in [6, 6.07) is 7.93. The molecule has 2 nitrogen and oxygen atoms in total. The van der Waals surface area contributed by atoms with Crippen LogP contribution in [0.2, 0.25) is 0 Å². The molecule has 0 amide bonds. The van der Waals surface area contributed by atoms with Crippen molar-refractivity contribution >= 4 is 0 Å². The molecule has 1 aromatic rings. The number of aliphatic hydroxyl groups is 2. The number of fused-ring (bicyclic) bond motifs is 1. The van der Waals surface area contributed by atoms with E-state index in [-0.39, 0.29) is 0 Å². The number of hydrogen-bond acceptors (Lipinski definition) is 2. The molecule has 74 valence electrons. The largest absolute Gasteiger partial charge is 0.389 e. The fraction of sp³-hybridized carbons (Fsp3) is 0.333. The maximum Gasteiger partial charge on any atom is 0.0762 e. The Hall–Kier alpha value is -1.12. The van der Waals surface area contributed by atoms with E-state index in [2.05, 4.69) is 0 Å². The Balaban J connectivity index is 2.34. The van der Waals surface area contributed by atoms with Gasteiger partial charge in [-0.2, -0.15) is 0 Å². The van der Waals surface area contributed by atoms with Crippen LogP contribution in [0, 0.1) is 0 Å². The predicted molar refractivity (Wildman–Crippen MR) is 55.0 cm³/mol. The van der Waals surface area contributed by atoms with Crippen molar-refractivity contribution in [3.8, 4) is 0 Å². The first kappa shape index (κ1) is 9.44. The van der Waals surface area contributed by atoms with Gasteiger partial charge in [-0.3, -0.25) is 0 Å². The van der Waals surface area contributed by atoms with Crippen molar-refractivity contribution in [3.63, 3.8) is 0 Å². The summed E-state index contributed by atoms with van der Waals surface area (Å²) in [5.41, 5.74) is 2.26. The second-order valence-electron chi connectivity index (χ2n) is 3.70. The second-order valence-corrected chi connectivity index (χ2v) is 3.70. The fourth-order valence-electron chi connectivity index (χ4n) is 1.80. The molecular weight excluding hydrogens is 176 g/mol. The Morgan fingerprint density at radius 2 is 1.29 bits per heavy atom. The Morgan fingerprint density at radius 1 is 0.857 bits per heavy atom. The lowest BCUT2D eigenvalue weighted by Crippen LogP contribution is -2.17. The molecule has 2 heteroatoms. The van der Waals surface area contributed by atoms with E-state index in [0.717, 1.165) is 11.1 Å². The highest BCUT2D eigenvalue weighted by Gasteiger charge is 2.12. The van der Waals surface area contributed by atoms with E-state index in [1.165, 1.54) is 0 Å². The summed E-state index contributed by atoms with van der Waals surface area (Å²) in [5.74, 6) is 0. The minimum atomic E-state index is -0.480. The van der Waals surface area contributed by atoms with Crippen LogP contribution >= 0.6 is 0 Å². The molecule has 0 saturated heterocycles. The highest BCUT2D eigenvalue weighted by atomic mass is 16.3. The maximum absolute atomic E-state index is 9.58. The van der Waals surface area contributed by atoms with Gasteiger partial charge in [0.05, 0.1) is 12.2 Å². The first-order chi connectivity index (χ1) is 6.75. The maximum atomic E-state index is 9.58. The van der Waals surface area contributed by atoms with Crippen molar-refractivity contribution in [2.24, 2.45) is 0 Å². The summed E-state index contributed by atoms with van der Waals surface area (Å²) in [4.78, 5) is 0. The average Bonchev–Trinajstić information content (AvgIpc) is 2.16. The van der Waals surface area contributed by atoms with Gasteiger partial charge in [0.1, 0.15) is 0 Å². The summed E-state index contributed by atoms with van der Waals surface area (Å²) < 4.78 is 0. The standard InChI is InChI=1S/C12H14O2/c13-11-5-6-12(14)8-10-4-2-1-3-9(10)7-11/h1-6,11-14H,7-8H2/b6-5+. The molecule has 2 unspecified atom stereocenters. The van der Waals surface area contributed by atoms with E-state index in [9.17, 15) is 10.2 Å². The fourth-order valence-corrected chi connectivity index (χ4v) is 1.80. The summed E-state index contributed by atoms with van der Waals surface area (Å²) >= 11 is 0.